The normalized spacial score (nSPS) is 14.4. The van der Waals surface area contributed by atoms with Crippen molar-refractivity contribution in [1.29, 1.82) is 0 Å². The highest BCUT2D eigenvalue weighted by molar-refractivity contribution is 9.10. The minimum Gasteiger partial charge on any atom is -0.349 e. The number of halogens is 1. The first-order chi connectivity index (χ1) is 13.1. The molecule has 2 amide bonds. The van der Waals surface area contributed by atoms with Crippen molar-refractivity contribution in [2.24, 2.45) is 0 Å². The zero-order valence-corrected chi connectivity index (χ0v) is 15.9. The van der Waals surface area contributed by atoms with Crippen LogP contribution in [0.5, 0.6) is 0 Å². The number of fused-ring (bicyclic) bond motifs is 1. The third kappa shape index (κ3) is 3.97. The minimum atomic E-state index is -0.445. The number of carbonyl (C=O) groups is 2. The summed E-state index contributed by atoms with van der Waals surface area (Å²) in [6.45, 7) is 0. The maximum absolute atomic E-state index is 12.3. The number of hydrogen-bond acceptors (Lipinski definition) is 5. The average Bonchev–Trinajstić information content (AvgIpc) is 3.31. The standard InChI is InChI=1S/C18H17BrN6O2/c19-12-9-20-18-23-15(24-25(18)10-12)17(27)22-14-7-5-11(6-8-14)16(26)21-13-3-1-2-4-13/h5-10,13H,1-4H2,(H,21,26)(H,22,27). The van der Waals surface area contributed by atoms with Crippen molar-refractivity contribution in [1.82, 2.24) is 24.9 Å². The van der Waals surface area contributed by atoms with Crippen LogP contribution in [0.1, 0.15) is 46.7 Å². The van der Waals surface area contributed by atoms with Gasteiger partial charge in [0.2, 0.25) is 5.82 Å². The van der Waals surface area contributed by atoms with E-state index in [1.807, 2.05) is 0 Å². The maximum atomic E-state index is 12.3. The van der Waals surface area contributed by atoms with Crippen LogP contribution in [-0.4, -0.2) is 37.4 Å². The fourth-order valence-electron chi connectivity index (χ4n) is 3.09. The Balaban J connectivity index is 1.42. The highest BCUT2D eigenvalue weighted by Gasteiger charge is 2.18. The van der Waals surface area contributed by atoms with Gasteiger partial charge in [0, 0.05) is 29.7 Å². The van der Waals surface area contributed by atoms with Crippen molar-refractivity contribution in [3.63, 3.8) is 0 Å². The van der Waals surface area contributed by atoms with E-state index in [2.05, 4.69) is 41.6 Å². The molecule has 0 spiro atoms. The molecule has 0 aliphatic heterocycles. The van der Waals surface area contributed by atoms with E-state index < -0.39 is 5.91 Å². The van der Waals surface area contributed by atoms with Crippen LogP contribution in [-0.2, 0) is 0 Å². The van der Waals surface area contributed by atoms with Gasteiger partial charge in [-0.1, -0.05) is 12.8 Å². The van der Waals surface area contributed by atoms with Gasteiger partial charge >= 0.3 is 0 Å². The van der Waals surface area contributed by atoms with Crippen LogP contribution in [0.15, 0.2) is 41.1 Å². The molecule has 0 bridgehead atoms. The van der Waals surface area contributed by atoms with E-state index in [9.17, 15) is 9.59 Å². The highest BCUT2D eigenvalue weighted by atomic mass is 79.9. The number of nitrogens with one attached hydrogen (secondary N) is 2. The van der Waals surface area contributed by atoms with Crippen LogP contribution in [0, 0.1) is 0 Å². The average molecular weight is 429 g/mol. The number of anilines is 1. The highest BCUT2D eigenvalue weighted by Crippen LogP contribution is 2.18. The van der Waals surface area contributed by atoms with E-state index in [0.717, 1.165) is 17.3 Å². The Morgan fingerprint density at radius 2 is 1.85 bits per heavy atom. The van der Waals surface area contributed by atoms with E-state index >= 15 is 0 Å². The van der Waals surface area contributed by atoms with Crippen molar-refractivity contribution in [3.8, 4) is 0 Å². The summed E-state index contributed by atoms with van der Waals surface area (Å²) < 4.78 is 2.16. The molecule has 1 saturated carbocycles. The first-order valence-electron chi connectivity index (χ1n) is 8.69. The van der Waals surface area contributed by atoms with E-state index in [4.69, 9.17) is 0 Å². The first-order valence-corrected chi connectivity index (χ1v) is 9.48. The molecular formula is C18H17BrN6O2. The third-order valence-corrected chi connectivity index (χ3v) is 4.87. The molecule has 8 nitrogen and oxygen atoms in total. The van der Waals surface area contributed by atoms with Crippen molar-refractivity contribution in [2.45, 2.75) is 31.7 Å². The molecule has 2 N–H and O–H groups in total. The van der Waals surface area contributed by atoms with E-state index in [0.29, 0.717) is 17.0 Å². The van der Waals surface area contributed by atoms with E-state index in [1.165, 1.54) is 17.4 Å². The Bertz CT molecular complexity index is 995. The Morgan fingerprint density at radius 1 is 1.11 bits per heavy atom. The zero-order chi connectivity index (χ0) is 18.8. The van der Waals surface area contributed by atoms with Gasteiger partial charge in [-0.3, -0.25) is 9.59 Å². The van der Waals surface area contributed by atoms with Crippen molar-refractivity contribution < 1.29 is 9.59 Å². The second-order valence-electron chi connectivity index (χ2n) is 6.44. The lowest BCUT2D eigenvalue weighted by atomic mass is 10.1. The number of rotatable bonds is 4. The van der Waals surface area contributed by atoms with E-state index in [-0.39, 0.29) is 17.8 Å². The second-order valence-corrected chi connectivity index (χ2v) is 7.35. The van der Waals surface area contributed by atoms with Gasteiger partial charge in [-0.2, -0.15) is 4.98 Å². The molecule has 1 fully saturated rings. The Labute approximate surface area is 163 Å². The number of nitrogens with zero attached hydrogens (tertiary/aromatic N) is 4. The van der Waals surface area contributed by atoms with Crippen LogP contribution in [0.25, 0.3) is 5.78 Å². The predicted octanol–water partition coefficient (Wildman–Crippen LogP) is 2.81. The second kappa shape index (κ2) is 7.43. The quantitative estimate of drug-likeness (QED) is 0.664. The van der Waals surface area contributed by atoms with Gasteiger partial charge in [-0.15, -0.1) is 5.10 Å². The molecule has 3 aromatic rings. The summed E-state index contributed by atoms with van der Waals surface area (Å²) in [7, 11) is 0. The van der Waals surface area contributed by atoms with E-state index in [1.54, 1.807) is 36.7 Å². The molecular weight excluding hydrogens is 412 g/mol. The maximum Gasteiger partial charge on any atom is 0.295 e. The lowest BCUT2D eigenvalue weighted by Crippen LogP contribution is -2.32. The molecule has 1 aromatic carbocycles. The van der Waals surface area contributed by atoms with Gasteiger partial charge < -0.3 is 10.6 Å². The molecule has 9 heteroatoms. The van der Waals surface area contributed by atoms with Crippen molar-refractivity contribution in [2.75, 3.05) is 5.32 Å². The van der Waals surface area contributed by atoms with Crippen LogP contribution < -0.4 is 10.6 Å². The van der Waals surface area contributed by atoms with Crippen LogP contribution >= 0.6 is 15.9 Å². The topological polar surface area (TPSA) is 101 Å². The number of benzene rings is 1. The fourth-order valence-corrected chi connectivity index (χ4v) is 3.38. The fraction of sp³-hybridized carbons (Fsp3) is 0.278. The molecule has 0 atom stereocenters. The molecule has 0 unspecified atom stereocenters. The van der Waals surface area contributed by atoms with Gasteiger partial charge in [0.1, 0.15) is 0 Å². The van der Waals surface area contributed by atoms with Gasteiger partial charge in [0.05, 0.1) is 4.47 Å². The first kappa shape index (κ1) is 17.6. The Kier molecular flexibility index (Phi) is 4.85. The third-order valence-electron chi connectivity index (χ3n) is 4.46. The SMILES string of the molecule is O=C(NC1CCCC1)c1ccc(NC(=O)c2nc3ncc(Br)cn3n2)cc1. The lowest BCUT2D eigenvalue weighted by Gasteiger charge is -2.12. The monoisotopic (exact) mass is 428 g/mol. The molecule has 138 valence electrons. The molecule has 27 heavy (non-hydrogen) atoms. The van der Waals surface area contributed by atoms with Gasteiger partial charge in [-0.05, 0) is 53.0 Å². The number of carbonyl (C=O) groups excluding carboxylic acids is 2. The summed E-state index contributed by atoms with van der Waals surface area (Å²) in [5.41, 5.74) is 1.13. The summed E-state index contributed by atoms with van der Waals surface area (Å²) in [6.07, 6.45) is 7.67. The minimum absolute atomic E-state index is 0.0173. The number of aromatic nitrogens is 4. The summed E-state index contributed by atoms with van der Waals surface area (Å²) >= 11 is 3.29. The molecule has 1 aliphatic carbocycles. The van der Waals surface area contributed by atoms with Gasteiger partial charge in [0.25, 0.3) is 17.6 Å². The van der Waals surface area contributed by atoms with Crippen LogP contribution in [0.2, 0.25) is 0 Å². The van der Waals surface area contributed by atoms with Crippen LogP contribution in [0.3, 0.4) is 0 Å². The summed E-state index contributed by atoms with van der Waals surface area (Å²) in [5, 5.41) is 9.88. The van der Waals surface area contributed by atoms with Crippen molar-refractivity contribution >= 4 is 39.2 Å². The number of hydrogen-bond donors (Lipinski definition) is 2. The van der Waals surface area contributed by atoms with Crippen molar-refractivity contribution in [3.05, 3.63) is 52.5 Å². The predicted molar refractivity (Wildman–Crippen MR) is 103 cm³/mol. The molecule has 1 aliphatic rings. The molecule has 2 heterocycles. The summed E-state index contributed by atoms with van der Waals surface area (Å²) in [6, 6.07) is 7.02. The lowest BCUT2D eigenvalue weighted by molar-refractivity contribution is 0.0937. The molecule has 2 aromatic heterocycles. The summed E-state index contributed by atoms with van der Waals surface area (Å²) in [4.78, 5) is 32.8. The molecule has 4 rings (SSSR count). The Hall–Kier alpha value is -2.81. The zero-order valence-electron chi connectivity index (χ0n) is 14.4. The smallest absolute Gasteiger partial charge is 0.295 e. The molecule has 0 radical (unpaired) electrons. The summed E-state index contributed by atoms with van der Waals surface area (Å²) in [5.74, 6) is -0.177. The Morgan fingerprint density at radius 3 is 2.59 bits per heavy atom. The largest absolute Gasteiger partial charge is 0.349 e. The van der Waals surface area contributed by atoms with Gasteiger partial charge in [-0.25, -0.2) is 9.50 Å². The molecule has 0 saturated heterocycles. The van der Waals surface area contributed by atoms with Crippen LogP contribution in [0.4, 0.5) is 5.69 Å². The number of amides is 2. The van der Waals surface area contributed by atoms with Gasteiger partial charge in [0.15, 0.2) is 0 Å².